The molecule has 0 spiro atoms. The normalized spacial score (nSPS) is 19.9. The molecule has 0 saturated carbocycles. The van der Waals surface area contributed by atoms with E-state index in [0.717, 1.165) is 11.5 Å². The summed E-state index contributed by atoms with van der Waals surface area (Å²) in [7, 11) is 1.91. The van der Waals surface area contributed by atoms with E-state index in [1.54, 1.807) is 12.1 Å². The zero-order valence-corrected chi connectivity index (χ0v) is 20.0. The number of amidine groups is 1. The molecule has 3 N–H and O–H groups in total. The van der Waals surface area contributed by atoms with Crippen LogP contribution in [-0.4, -0.2) is 72.0 Å². The number of guanidine groups is 1. The smallest absolute Gasteiger partial charge is 0.221 e. The first-order valence-electron chi connectivity index (χ1n) is 10.3. The van der Waals surface area contributed by atoms with Gasteiger partial charge in [-0.3, -0.25) is 5.01 Å². The van der Waals surface area contributed by atoms with Gasteiger partial charge in [0.15, 0.2) is 5.84 Å². The van der Waals surface area contributed by atoms with E-state index in [1.807, 2.05) is 50.8 Å². The number of hydrazine groups is 1. The van der Waals surface area contributed by atoms with E-state index >= 15 is 0 Å². The Kier molecular flexibility index (Phi) is 7.36. The third-order valence-electron chi connectivity index (χ3n) is 4.95. The van der Waals surface area contributed by atoms with Gasteiger partial charge in [0.1, 0.15) is 11.9 Å². The van der Waals surface area contributed by atoms with Crippen molar-refractivity contribution < 1.29 is 9.84 Å². The number of nitrogens with zero attached hydrogens (tertiary/aromatic N) is 4. The summed E-state index contributed by atoms with van der Waals surface area (Å²) in [6.45, 7) is 9.53. The number of aliphatic imine (C=N–C) groups is 2. The Balaban J connectivity index is 1.84. The van der Waals surface area contributed by atoms with E-state index in [-0.39, 0.29) is 18.3 Å². The molecule has 1 unspecified atom stereocenters. The van der Waals surface area contributed by atoms with E-state index in [1.165, 1.54) is 0 Å². The number of aliphatic hydroxyl groups excluding tert-OH is 1. The van der Waals surface area contributed by atoms with Crippen molar-refractivity contribution in [3.63, 3.8) is 0 Å². The van der Waals surface area contributed by atoms with E-state index in [0.29, 0.717) is 47.0 Å². The van der Waals surface area contributed by atoms with Crippen molar-refractivity contribution in [2.45, 2.75) is 39.4 Å². The van der Waals surface area contributed by atoms with Crippen LogP contribution in [0.15, 0.2) is 28.2 Å². The number of nitrogens with one attached hydrogen (secondary N) is 2. The first kappa shape index (κ1) is 23.7. The summed E-state index contributed by atoms with van der Waals surface area (Å²) in [4.78, 5) is 9.40. The molecule has 1 atom stereocenters. The largest absolute Gasteiger partial charge is 0.494 e. The number of hydrogen-bond donors (Lipinski definition) is 3. The fraction of sp³-hybridized carbons (Fsp3) is 0.524. The number of rotatable bonds is 8. The van der Waals surface area contributed by atoms with Crippen molar-refractivity contribution >= 4 is 40.7 Å². The van der Waals surface area contributed by atoms with Gasteiger partial charge >= 0.3 is 0 Å². The first-order chi connectivity index (χ1) is 14.7. The Labute approximate surface area is 193 Å². The molecule has 0 aliphatic carbocycles. The number of ether oxygens (including phenoxy) is 1. The van der Waals surface area contributed by atoms with Crippen molar-refractivity contribution in [2.24, 2.45) is 9.98 Å². The molecule has 2 heterocycles. The van der Waals surface area contributed by atoms with Gasteiger partial charge < -0.3 is 20.5 Å². The van der Waals surface area contributed by atoms with Crippen molar-refractivity contribution in [1.82, 2.24) is 20.7 Å². The quantitative estimate of drug-likeness (QED) is 0.508. The molecule has 10 heteroatoms. The summed E-state index contributed by atoms with van der Waals surface area (Å²) in [6.07, 6.45) is 1.83. The van der Waals surface area contributed by atoms with Gasteiger partial charge in [0, 0.05) is 30.8 Å². The number of fused-ring (bicyclic) bond motifs is 1. The van der Waals surface area contributed by atoms with Crippen LogP contribution in [0.1, 0.15) is 33.3 Å². The van der Waals surface area contributed by atoms with Crippen molar-refractivity contribution in [1.29, 1.82) is 0 Å². The molecule has 0 amide bonds. The van der Waals surface area contributed by atoms with Gasteiger partial charge in [0.05, 0.1) is 35.5 Å². The van der Waals surface area contributed by atoms with Crippen LogP contribution in [0.5, 0.6) is 5.75 Å². The highest BCUT2D eigenvalue weighted by molar-refractivity contribution is 6.38. The Bertz CT molecular complexity index is 892. The maximum Gasteiger partial charge on any atom is 0.221 e. The second-order valence-corrected chi connectivity index (χ2v) is 8.86. The van der Waals surface area contributed by atoms with Gasteiger partial charge in [0.2, 0.25) is 5.96 Å². The molecule has 2 aliphatic heterocycles. The summed E-state index contributed by atoms with van der Waals surface area (Å²) < 4.78 is 5.54. The Morgan fingerprint density at radius 3 is 2.61 bits per heavy atom. The molecule has 170 valence electrons. The summed E-state index contributed by atoms with van der Waals surface area (Å²) in [5.41, 5.74) is 1.19. The van der Waals surface area contributed by atoms with Crippen molar-refractivity contribution in [3.05, 3.63) is 33.8 Å². The standard InChI is InChI=1S/C21H30Cl2N6O2/c1-6-31-14-9-15(22)19(16(23)10-14)17-11-18-26-13(2)27-20(29(18)28(17)5)24-7-8-25-21(3,4)12-30/h9-11,13,25,30H,6-8,12H2,1-5H3,(H,24,27). The third kappa shape index (κ3) is 5.26. The molecule has 8 nitrogen and oxygen atoms in total. The predicted octanol–water partition coefficient (Wildman–Crippen LogP) is 2.96. The minimum absolute atomic E-state index is 0.0570. The van der Waals surface area contributed by atoms with Gasteiger partial charge in [-0.15, -0.1) is 0 Å². The minimum atomic E-state index is -0.347. The third-order valence-corrected chi connectivity index (χ3v) is 5.55. The molecule has 1 aromatic carbocycles. The Morgan fingerprint density at radius 1 is 1.32 bits per heavy atom. The van der Waals surface area contributed by atoms with E-state index in [9.17, 15) is 5.11 Å². The molecular formula is C21H30Cl2N6O2. The van der Waals surface area contributed by atoms with Crippen molar-refractivity contribution in [3.8, 4) is 5.75 Å². The van der Waals surface area contributed by atoms with Gasteiger partial charge in [-0.1, -0.05) is 23.2 Å². The topological polar surface area (TPSA) is 84.7 Å². The van der Waals surface area contributed by atoms with Crippen LogP contribution in [0.2, 0.25) is 10.0 Å². The molecule has 0 aromatic heterocycles. The number of halogens is 2. The zero-order chi connectivity index (χ0) is 22.8. The number of hydrogen-bond acceptors (Lipinski definition) is 6. The molecular weight excluding hydrogens is 439 g/mol. The van der Waals surface area contributed by atoms with Crippen LogP contribution in [0.3, 0.4) is 0 Å². The highest BCUT2D eigenvalue weighted by atomic mass is 35.5. The summed E-state index contributed by atoms with van der Waals surface area (Å²) in [5.74, 6) is 2.08. The van der Waals surface area contributed by atoms with Crippen LogP contribution >= 0.6 is 23.2 Å². The van der Waals surface area contributed by atoms with Crippen LogP contribution < -0.4 is 15.4 Å². The van der Waals surface area contributed by atoms with E-state index < -0.39 is 0 Å². The lowest BCUT2D eigenvalue weighted by Gasteiger charge is -2.35. The number of aliphatic hydroxyl groups is 1. The highest BCUT2D eigenvalue weighted by Crippen LogP contribution is 2.39. The fourth-order valence-electron chi connectivity index (χ4n) is 3.36. The molecule has 0 bridgehead atoms. The average Bonchev–Trinajstić information content (AvgIpc) is 3.01. The fourth-order valence-corrected chi connectivity index (χ4v) is 4.02. The lowest BCUT2D eigenvalue weighted by atomic mass is 10.1. The maximum atomic E-state index is 9.39. The van der Waals surface area contributed by atoms with Gasteiger partial charge in [-0.05, 0) is 39.8 Å². The lowest BCUT2D eigenvalue weighted by Crippen LogP contribution is -2.55. The molecule has 2 aliphatic rings. The van der Waals surface area contributed by atoms with Gasteiger partial charge in [-0.2, -0.15) is 0 Å². The van der Waals surface area contributed by atoms with E-state index in [2.05, 4.69) is 15.6 Å². The summed E-state index contributed by atoms with van der Waals surface area (Å²) in [5, 5.41) is 20.8. The van der Waals surface area contributed by atoms with E-state index in [4.69, 9.17) is 32.9 Å². The molecule has 1 aromatic rings. The lowest BCUT2D eigenvalue weighted by molar-refractivity contribution is 0.190. The molecule has 0 radical (unpaired) electrons. The van der Waals surface area contributed by atoms with Crippen LogP contribution in [0.4, 0.5) is 0 Å². The second-order valence-electron chi connectivity index (χ2n) is 8.04. The summed E-state index contributed by atoms with van der Waals surface area (Å²) in [6, 6.07) is 3.54. The SMILES string of the molecule is CCOc1cc(Cl)c(C2=CC3=NC(C)NC(=NCCNC(C)(C)CO)N3N2C)c(Cl)c1. The monoisotopic (exact) mass is 468 g/mol. The predicted molar refractivity (Wildman–Crippen MR) is 127 cm³/mol. The van der Waals surface area contributed by atoms with Gasteiger partial charge in [-0.25, -0.2) is 15.0 Å². The molecule has 0 fully saturated rings. The second kappa shape index (κ2) is 9.65. The zero-order valence-electron chi connectivity index (χ0n) is 18.5. The minimum Gasteiger partial charge on any atom is -0.494 e. The van der Waals surface area contributed by atoms with Crippen molar-refractivity contribution in [2.75, 3.05) is 33.4 Å². The van der Waals surface area contributed by atoms with Crippen LogP contribution in [0.25, 0.3) is 5.70 Å². The summed E-state index contributed by atoms with van der Waals surface area (Å²) >= 11 is 13.1. The van der Waals surface area contributed by atoms with Crippen LogP contribution in [0, 0.1) is 0 Å². The van der Waals surface area contributed by atoms with Gasteiger partial charge in [0.25, 0.3) is 0 Å². The molecule has 0 saturated heterocycles. The Morgan fingerprint density at radius 2 is 2.00 bits per heavy atom. The Hall–Kier alpha value is -2.00. The molecule has 31 heavy (non-hydrogen) atoms. The van der Waals surface area contributed by atoms with Crippen LogP contribution in [-0.2, 0) is 0 Å². The first-order valence-corrected chi connectivity index (χ1v) is 11.0. The molecule has 3 rings (SSSR count). The maximum absolute atomic E-state index is 9.39. The highest BCUT2D eigenvalue weighted by Gasteiger charge is 2.35. The number of benzene rings is 1. The average molecular weight is 469 g/mol.